The number of hydrogen-bond acceptors (Lipinski definition) is 5. The van der Waals surface area contributed by atoms with Crippen molar-refractivity contribution in [3.8, 4) is 39.4 Å². The summed E-state index contributed by atoms with van der Waals surface area (Å²) in [7, 11) is 0. The van der Waals surface area contributed by atoms with Crippen molar-refractivity contribution in [1.29, 1.82) is 0 Å². The van der Waals surface area contributed by atoms with Crippen molar-refractivity contribution in [2.45, 2.75) is 66.1 Å². The van der Waals surface area contributed by atoms with Crippen molar-refractivity contribution in [2.75, 3.05) is 6.61 Å². The van der Waals surface area contributed by atoms with Crippen LogP contribution in [0, 0.1) is 26.6 Å². The van der Waals surface area contributed by atoms with Crippen molar-refractivity contribution in [3.63, 3.8) is 0 Å². The molecule has 1 aliphatic rings. The number of aliphatic carboxylic acids is 1. The monoisotopic (exact) mass is 593 g/mol. The fourth-order valence-corrected chi connectivity index (χ4v) is 5.94. The molecule has 0 saturated carbocycles. The first-order valence-electron chi connectivity index (χ1n) is 14.8. The normalized spacial score (nSPS) is 13.9. The fraction of sp³-hybridized carbons (Fsp3) is 0.306. The highest BCUT2D eigenvalue weighted by Crippen LogP contribution is 2.42. The molecule has 1 atom stereocenters. The molecule has 0 aliphatic carbocycles. The number of rotatable bonds is 6. The zero-order valence-electron chi connectivity index (χ0n) is 25.9. The first kappa shape index (κ1) is 29.5. The number of fused-ring (bicyclic) bond motifs is 2. The third-order valence-electron chi connectivity index (χ3n) is 8.02. The lowest BCUT2D eigenvalue weighted by Crippen LogP contribution is -2.29. The van der Waals surface area contributed by atoms with Crippen LogP contribution in [0.2, 0.25) is 0 Å². The van der Waals surface area contributed by atoms with Gasteiger partial charge in [-0.15, -0.1) is 0 Å². The average molecular weight is 594 g/mol. The molecular formula is C36H36FN3O4. The third kappa shape index (κ3) is 5.46. The highest BCUT2D eigenvalue weighted by atomic mass is 19.1. The summed E-state index contributed by atoms with van der Waals surface area (Å²) >= 11 is 0. The minimum absolute atomic E-state index is 0.260. The van der Waals surface area contributed by atoms with E-state index in [-0.39, 0.29) is 5.75 Å². The van der Waals surface area contributed by atoms with Gasteiger partial charge in [-0.25, -0.2) is 18.7 Å². The Balaban J connectivity index is 1.62. The van der Waals surface area contributed by atoms with E-state index in [4.69, 9.17) is 19.6 Å². The third-order valence-corrected chi connectivity index (χ3v) is 8.02. The highest BCUT2D eigenvalue weighted by Gasteiger charge is 2.34. The average Bonchev–Trinajstić information content (AvgIpc) is 3.41. The molecule has 0 bridgehead atoms. The van der Waals surface area contributed by atoms with Gasteiger partial charge in [-0.05, 0) is 83.2 Å². The Morgan fingerprint density at radius 2 is 1.75 bits per heavy atom. The lowest BCUT2D eigenvalue weighted by atomic mass is 9.91. The van der Waals surface area contributed by atoms with Crippen molar-refractivity contribution < 1.29 is 23.8 Å². The summed E-state index contributed by atoms with van der Waals surface area (Å²) in [6, 6.07) is 19.7. The number of carboxylic acid groups (broad SMARTS) is 1. The molecule has 3 heterocycles. The standard InChI is InChI=1S/C36H36FN3O4/c1-20-12-14-23(15-13-20)24-9-7-10-25(17-24)29-19-30-38-22(3)31(34(35(41)42)44-36(4,5)6)32(40(30)39-29)27-18-28(37)33-26(21(27)2)11-8-16-43-33/h7,9-10,12-15,17-19,34H,8,11,16H2,1-6H3,(H,41,42). The van der Waals surface area contributed by atoms with Crippen LogP contribution in [-0.4, -0.2) is 37.9 Å². The van der Waals surface area contributed by atoms with Gasteiger partial charge >= 0.3 is 5.97 Å². The Bertz CT molecular complexity index is 1900. The van der Waals surface area contributed by atoms with E-state index in [1.165, 1.54) is 11.6 Å². The second kappa shape index (κ2) is 11.2. The number of aryl methyl sites for hydroxylation is 2. The number of carboxylic acids is 1. The number of benzene rings is 3. The van der Waals surface area contributed by atoms with Gasteiger partial charge in [-0.3, -0.25) is 0 Å². The predicted octanol–water partition coefficient (Wildman–Crippen LogP) is 8.06. The van der Waals surface area contributed by atoms with Crippen molar-refractivity contribution in [3.05, 3.63) is 94.4 Å². The highest BCUT2D eigenvalue weighted by molar-refractivity contribution is 5.83. The van der Waals surface area contributed by atoms with Crippen LogP contribution in [-0.2, 0) is 16.0 Å². The topological polar surface area (TPSA) is 86.0 Å². The van der Waals surface area contributed by atoms with E-state index in [1.54, 1.807) is 32.2 Å². The molecule has 0 radical (unpaired) electrons. The summed E-state index contributed by atoms with van der Waals surface area (Å²) in [4.78, 5) is 17.6. The summed E-state index contributed by atoms with van der Waals surface area (Å²) in [6.07, 6.45) is 0.0581. The van der Waals surface area contributed by atoms with E-state index in [0.717, 1.165) is 34.2 Å². The van der Waals surface area contributed by atoms with Gasteiger partial charge in [0.25, 0.3) is 0 Å². The fourth-order valence-electron chi connectivity index (χ4n) is 5.94. The van der Waals surface area contributed by atoms with E-state index in [2.05, 4.69) is 43.3 Å². The second-order valence-corrected chi connectivity index (χ2v) is 12.4. The van der Waals surface area contributed by atoms with Gasteiger partial charge in [0.2, 0.25) is 0 Å². The second-order valence-electron chi connectivity index (χ2n) is 12.4. The Morgan fingerprint density at radius 1 is 1.02 bits per heavy atom. The molecule has 5 aromatic rings. The zero-order valence-corrected chi connectivity index (χ0v) is 25.9. The van der Waals surface area contributed by atoms with E-state index >= 15 is 4.39 Å². The van der Waals surface area contributed by atoms with Crippen LogP contribution in [0.3, 0.4) is 0 Å². The van der Waals surface area contributed by atoms with Crippen LogP contribution < -0.4 is 4.74 Å². The number of ether oxygens (including phenoxy) is 2. The van der Waals surface area contributed by atoms with Crippen molar-refractivity contribution >= 4 is 11.6 Å². The largest absolute Gasteiger partial charge is 0.490 e. The minimum atomic E-state index is -1.37. The maximum Gasteiger partial charge on any atom is 0.337 e. The van der Waals surface area contributed by atoms with Gasteiger partial charge in [0.05, 0.1) is 23.6 Å². The molecule has 1 aliphatic heterocycles. The van der Waals surface area contributed by atoms with Crippen molar-refractivity contribution in [2.24, 2.45) is 0 Å². The smallest absolute Gasteiger partial charge is 0.337 e. The molecule has 1 unspecified atom stereocenters. The molecule has 3 aromatic carbocycles. The maximum atomic E-state index is 15.6. The van der Waals surface area contributed by atoms with Crippen LogP contribution >= 0.6 is 0 Å². The Hall–Kier alpha value is -4.56. The van der Waals surface area contributed by atoms with Gasteiger partial charge in [-0.2, -0.15) is 5.10 Å². The molecular weight excluding hydrogens is 557 g/mol. The predicted molar refractivity (Wildman–Crippen MR) is 168 cm³/mol. The number of nitrogens with zero attached hydrogens (tertiary/aromatic N) is 3. The van der Waals surface area contributed by atoms with Gasteiger partial charge in [0.1, 0.15) is 0 Å². The molecule has 0 amide bonds. The maximum absolute atomic E-state index is 15.6. The summed E-state index contributed by atoms with van der Waals surface area (Å²) < 4.78 is 29.1. The van der Waals surface area contributed by atoms with Crippen molar-refractivity contribution in [1.82, 2.24) is 14.6 Å². The van der Waals surface area contributed by atoms with Crippen LogP contribution in [0.4, 0.5) is 4.39 Å². The summed E-state index contributed by atoms with van der Waals surface area (Å²) in [5.41, 5.74) is 7.96. The molecule has 6 rings (SSSR count). The minimum Gasteiger partial charge on any atom is -0.490 e. The number of aromatic nitrogens is 3. The molecule has 2 aromatic heterocycles. The molecule has 0 spiro atoms. The van der Waals surface area contributed by atoms with Crippen LogP contribution in [0.15, 0.2) is 60.7 Å². The first-order chi connectivity index (χ1) is 20.9. The molecule has 44 heavy (non-hydrogen) atoms. The molecule has 8 heteroatoms. The SMILES string of the molecule is Cc1ccc(-c2cccc(-c3cc4nc(C)c(C(OC(C)(C)C)C(=O)O)c(-c5cc(F)c6c(c5C)CCCO6)n4n3)c2)cc1. The van der Waals surface area contributed by atoms with Crippen LogP contribution in [0.5, 0.6) is 5.75 Å². The summed E-state index contributed by atoms with van der Waals surface area (Å²) in [5, 5.41) is 15.4. The van der Waals surface area contributed by atoms with Gasteiger partial charge in [0, 0.05) is 34.0 Å². The lowest BCUT2D eigenvalue weighted by Gasteiger charge is -2.28. The molecule has 1 N–H and O–H groups in total. The van der Waals surface area contributed by atoms with Gasteiger partial charge in [0.15, 0.2) is 23.3 Å². The molecule has 0 saturated heterocycles. The van der Waals surface area contributed by atoms with E-state index in [0.29, 0.717) is 46.9 Å². The molecule has 7 nitrogen and oxygen atoms in total. The zero-order chi connectivity index (χ0) is 31.3. The molecule has 226 valence electrons. The van der Waals surface area contributed by atoms with Gasteiger partial charge < -0.3 is 14.6 Å². The van der Waals surface area contributed by atoms with E-state index in [9.17, 15) is 9.90 Å². The van der Waals surface area contributed by atoms with E-state index in [1.807, 2.05) is 25.1 Å². The summed E-state index contributed by atoms with van der Waals surface area (Å²) in [6.45, 7) is 11.6. The van der Waals surface area contributed by atoms with E-state index < -0.39 is 23.5 Å². The Kier molecular flexibility index (Phi) is 7.49. The molecule has 0 fully saturated rings. The van der Waals surface area contributed by atoms with Gasteiger partial charge in [-0.1, -0.05) is 48.0 Å². The Labute approximate surface area is 256 Å². The number of carbonyl (C=O) groups is 1. The number of halogens is 1. The quantitative estimate of drug-likeness (QED) is 0.214. The Morgan fingerprint density at radius 3 is 2.45 bits per heavy atom. The number of hydrogen-bond donors (Lipinski definition) is 1. The lowest BCUT2D eigenvalue weighted by molar-refractivity contribution is -0.160. The van der Waals surface area contributed by atoms with Crippen LogP contribution in [0.1, 0.15) is 61.2 Å². The van der Waals surface area contributed by atoms with Crippen LogP contribution in [0.25, 0.3) is 39.3 Å². The summed E-state index contributed by atoms with van der Waals surface area (Å²) in [5.74, 6) is -1.39. The first-order valence-corrected chi connectivity index (χ1v) is 14.8.